The molecule has 0 saturated carbocycles. The lowest BCUT2D eigenvalue weighted by atomic mass is 10.1. The van der Waals surface area contributed by atoms with E-state index in [9.17, 15) is 9.59 Å². The molecule has 0 fully saturated rings. The van der Waals surface area contributed by atoms with E-state index in [1.54, 1.807) is 12.1 Å². The van der Waals surface area contributed by atoms with Crippen molar-refractivity contribution in [1.29, 1.82) is 0 Å². The molecule has 160 valence electrons. The highest BCUT2D eigenvalue weighted by atomic mass is 32.1. The summed E-state index contributed by atoms with van der Waals surface area (Å²) in [5, 5.41) is 5.11. The van der Waals surface area contributed by atoms with Crippen LogP contribution in [-0.4, -0.2) is 21.7 Å². The molecular formula is C26H23N3O2S. The van der Waals surface area contributed by atoms with Gasteiger partial charge in [0.1, 0.15) is 0 Å². The van der Waals surface area contributed by atoms with Gasteiger partial charge in [0.2, 0.25) is 5.91 Å². The molecule has 3 aromatic carbocycles. The summed E-state index contributed by atoms with van der Waals surface area (Å²) in [4.78, 5) is 31.8. The van der Waals surface area contributed by atoms with Gasteiger partial charge < -0.3 is 4.90 Å². The Bertz CT molecular complexity index is 1120. The topological polar surface area (TPSA) is 62.3 Å². The molecule has 0 spiro atoms. The van der Waals surface area contributed by atoms with Crippen LogP contribution in [0.3, 0.4) is 0 Å². The van der Waals surface area contributed by atoms with E-state index in [0.29, 0.717) is 29.5 Å². The van der Waals surface area contributed by atoms with Crippen LogP contribution in [0.2, 0.25) is 0 Å². The second kappa shape index (κ2) is 10.5. The van der Waals surface area contributed by atoms with Gasteiger partial charge in [-0.05, 0) is 23.3 Å². The Morgan fingerprint density at radius 3 is 1.88 bits per heavy atom. The van der Waals surface area contributed by atoms with Crippen LogP contribution in [0.5, 0.6) is 0 Å². The van der Waals surface area contributed by atoms with Gasteiger partial charge in [-0.25, -0.2) is 4.98 Å². The van der Waals surface area contributed by atoms with Gasteiger partial charge in [-0.3, -0.25) is 14.9 Å². The third kappa shape index (κ3) is 5.89. The Kier molecular flexibility index (Phi) is 7.05. The molecule has 32 heavy (non-hydrogen) atoms. The molecule has 0 saturated heterocycles. The number of benzene rings is 3. The van der Waals surface area contributed by atoms with E-state index in [2.05, 4.69) is 10.3 Å². The molecule has 4 rings (SSSR count). The summed E-state index contributed by atoms with van der Waals surface area (Å²) < 4.78 is 0. The lowest BCUT2D eigenvalue weighted by molar-refractivity contribution is -0.131. The van der Waals surface area contributed by atoms with E-state index in [-0.39, 0.29) is 18.2 Å². The summed E-state index contributed by atoms with van der Waals surface area (Å²) in [6.07, 6.45) is 0.178. The van der Waals surface area contributed by atoms with Crippen molar-refractivity contribution in [1.82, 2.24) is 9.88 Å². The van der Waals surface area contributed by atoms with Crippen LogP contribution in [0.4, 0.5) is 5.13 Å². The second-order valence-corrected chi connectivity index (χ2v) is 8.22. The highest BCUT2D eigenvalue weighted by molar-refractivity contribution is 7.14. The van der Waals surface area contributed by atoms with Crippen molar-refractivity contribution >= 4 is 28.3 Å². The minimum Gasteiger partial charge on any atom is -0.334 e. The number of hydrogen-bond acceptors (Lipinski definition) is 4. The van der Waals surface area contributed by atoms with Crippen LogP contribution in [0, 0.1) is 0 Å². The Labute approximate surface area is 191 Å². The van der Waals surface area contributed by atoms with Gasteiger partial charge in [-0.1, -0.05) is 78.9 Å². The molecular weight excluding hydrogens is 418 g/mol. The molecule has 1 N–H and O–H groups in total. The largest absolute Gasteiger partial charge is 0.334 e. The number of amides is 2. The predicted octanol–water partition coefficient (Wildman–Crippen LogP) is 5.17. The van der Waals surface area contributed by atoms with Gasteiger partial charge in [-0.2, -0.15) is 0 Å². The van der Waals surface area contributed by atoms with E-state index in [4.69, 9.17) is 0 Å². The summed E-state index contributed by atoms with van der Waals surface area (Å²) in [5.74, 6) is -0.225. The molecule has 0 unspecified atom stereocenters. The van der Waals surface area contributed by atoms with Crippen molar-refractivity contribution in [3.8, 4) is 0 Å². The van der Waals surface area contributed by atoms with Crippen LogP contribution in [0.1, 0.15) is 27.2 Å². The van der Waals surface area contributed by atoms with Gasteiger partial charge in [0.25, 0.3) is 5.91 Å². The van der Waals surface area contributed by atoms with E-state index in [1.165, 1.54) is 11.3 Å². The monoisotopic (exact) mass is 441 g/mol. The Hall–Kier alpha value is -3.77. The average molecular weight is 442 g/mol. The number of nitrogens with zero attached hydrogens (tertiary/aromatic N) is 2. The highest BCUT2D eigenvalue weighted by Gasteiger charge is 2.17. The molecule has 1 heterocycles. The number of carbonyl (C=O) groups is 2. The van der Waals surface area contributed by atoms with E-state index in [0.717, 1.165) is 11.1 Å². The number of aromatic nitrogens is 1. The Balaban J connectivity index is 1.44. The molecule has 6 heteroatoms. The third-order valence-electron chi connectivity index (χ3n) is 4.93. The van der Waals surface area contributed by atoms with Gasteiger partial charge in [-0.15, -0.1) is 11.3 Å². The Morgan fingerprint density at radius 1 is 0.781 bits per heavy atom. The maximum atomic E-state index is 13.2. The zero-order chi connectivity index (χ0) is 22.2. The van der Waals surface area contributed by atoms with Crippen LogP contribution in [-0.2, 0) is 24.3 Å². The maximum absolute atomic E-state index is 13.2. The molecule has 0 radical (unpaired) electrons. The Morgan fingerprint density at radius 2 is 1.31 bits per heavy atom. The number of rotatable bonds is 8. The minimum atomic E-state index is -0.215. The lowest BCUT2D eigenvalue weighted by Crippen LogP contribution is -2.31. The van der Waals surface area contributed by atoms with Crippen LogP contribution < -0.4 is 5.32 Å². The van der Waals surface area contributed by atoms with Gasteiger partial charge >= 0.3 is 0 Å². The van der Waals surface area contributed by atoms with Crippen LogP contribution in [0.15, 0.2) is 96.4 Å². The predicted molar refractivity (Wildman–Crippen MR) is 127 cm³/mol. The molecule has 0 aliphatic rings. The third-order valence-corrected chi connectivity index (χ3v) is 5.73. The normalized spacial score (nSPS) is 10.5. The number of thiazole rings is 1. The van der Waals surface area contributed by atoms with Crippen molar-refractivity contribution in [2.75, 3.05) is 5.32 Å². The second-order valence-electron chi connectivity index (χ2n) is 7.36. The maximum Gasteiger partial charge on any atom is 0.257 e. The van der Waals surface area contributed by atoms with Crippen LogP contribution >= 0.6 is 11.3 Å². The number of hydrogen-bond donors (Lipinski definition) is 1. The molecule has 5 nitrogen and oxygen atoms in total. The molecule has 0 aliphatic heterocycles. The summed E-state index contributed by atoms with van der Waals surface area (Å²) in [7, 11) is 0. The summed E-state index contributed by atoms with van der Waals surface area (Å²) in [6, 6.07) is 28.9. The van der Waals surface area contributed by atoms with Gasteiger partial charge in [0.15, 0.2) is 5.13 Å². The standard InChI is InChI=1S/C26H23N3O2S/c30-24(16-23-19-32-26(27-23)28-25(31)22-14-8-3-9-15-22)29(17-20-10-4-1-5-11-20)18-21-12-6-2-7-13-21/h1-15,19H,16-18H2,(H,27,28,31). The summed E-state index contributed by atoms with van der Waals surface area (Å²) in [6.45, 7) is 1.05. The van der Waals surface area contributed by atoms with Crippen molar-refractivity contribution < 1.29 is 9.59 Å². The van der Waals surface area contributed by atoms with Crippen LogP contribution in [0.25, 0.3) is 0 Å². The van der Waals surface area contributed by atoms with Crippen molar-refractivity contribution in [2.24, 2.45) is 0 Å². The van der Waals surface area contributed by atoms with Gasteiger partial charge in [0, 0.05) is 24.0 Å². The van der Waals surface area contributed by atoms with Gasteiger partial charge in [0.05, 0.1) is 12.1 Å². The SMILES string of the molecule is O=C(Nc1nc(CC(=O)N(Cc2ccccc2)Cc2ccccc2)cs1)c1ccccc1. The zero-order valence-corrected chi connectivity index (χ0v) is 18.3. The lowest BCUT2D eigenvalue weighted by Gasteiger charge is -2.23. The highest BCUT2D eigenvalue weighted by Crippen LogP contribution is 2.19. The number of carbonyl (C=O) groups excluding carboxylic acids is 2. The fraction of sp³-hybridized carbons (Fsp3) is 0.115. The molecule has 1 aromatic heterocycles. The molecule has 0 aliphatic carbocycles. The first-order valence-electron chi connectivity index (χ1n) is 10.3. The fourth-order valence-electron chi connectivity index (χ4n) is 3.31. The zero-order valence-electron chi connectivity index (χ0n) is 17.5. The average Bonchev–Trinajstić information content (AvgIpc) is 3.27. The van der Waals surface area contributed by atoms with E-state index < -0.39 is 0 Å². The summed E-state index contributed by atoms with van der Waals surface area (Å²) in [5.41, 5.74) is 3.36. The first kappa shape index (κ1) is 21.5. The summed E-state index contributed by atoms with van der Waals surface area (Å²) >= 11 is 1.32. The smallest absolute Gasteiger partial charge is 0.257 e. The molecule has 0 bridgehead atoms. The molecule has 2 amide bonds. The molecule has 4 aromatic rings. The van der Waals surface area contributed by atoms with Crippen molar-refractivity contribution in [3.05, 3.63) is 119 Å². The first-order chi connectivity index (χ1) is 15.7. The first-order valence-corrected chi connectivity index (χ1v) is 11.2. The minimum absolute atomic E-state index is 0.0102. The quantitative estimate of drug-likeness (QED) is 0.410. The number of anilines is 1. The van der Waals surface area contributed by atoms with E-state index >= 15 is 0 Å². The van der Waals surface area contributed by atoms with E-state index in [1.807, 2.05) is 89.1 Å². The number of nitrogens with one attached hydrogen (secondary N) is 1. The molecule has 0 atom stereocenters. The fourth-order valence-corrected chi connectivity index (χ4v) is 4.02. The van der Waals surface area contributed by atoms with Crippen molar-refractivity contribution in [3.63, 3.8) is 0 Å². The van der Waals surface area contributed by atoms with Crippen molar-refractivity contribution in [2.45, 2.75) is 19.5 Å².